The Hall–Kier alpha value is -1.93. The van der Waals surface area contributed by atoms with E-state index in [2.05, 4.69) is 20.8 Å². The van der Waals surface area contributed by atoms with Crippen LogP contribution >= 0.6 is 11.3 Å². The summed E-state index contributed by atoms with van der Waals surface area (Å²) in [7, 11) is 0. The largest absolute Gasteiger partial charge is 0.466 e. The van der Waals surface area contributed by atoms with Gasteiger partial charge in [0.05, 0.1) is 6.54 Å². The number of hydrogen-bond acceptors (Lipinski definition) is 6. The van der Waals surface area contributed by atoms with Crippen LogP contribution in [0, 0.1) is 13.8 Å². The molecule has 0 spiro atoms. The third-order valence-electron chi connectivity index (χ3n) is 3.20. The van der Waals surface area contributed by atoms with E-state index >= 15 is 0 Å². The number of aryl methyl sites for hydroxylation is 3. The van der Waals surface area contributed by atoms with Crippen molar-refractivity contribution in [3.8, 4) is 0 Å². The number of nitrogens with one attached hydrogen (secondary N) is 2. The molecule has 0 aliphatic rings. The fraction of sp³-hybridized carbons (Fsp3) is 0.500. The number of urea groups is 1. The van der Waals surface area contributed by atoms with Crippen molar-refractivity contribution in [3.63, 3.8) is 0 Å². The van der Waals surface area contributed by atoms with Crippen LogP contribution in [-0.2, 0) is 12.0 Å². The molecule has 0 aromatic carbocycles. The van der Waals surface area contributed by atoms with Crippen LogP contribution in [0.5, 0.6) is 0 Å². The zero-order valence-corrected chi connectivity index (χ0v) is 13.9. The van der Waals surface area contributed by atoms with E-state index in [1.807, 2.05) is 13.8 Å². The molecular weight excluding hydrogens is 304 g/mol. The Kier molecular flexibility index (Phi) is 4.82. The van der Waals surface area contributed by atoms with Gasteiger partial charge in [-0.05, 0) is 33.3 Å². The van der Waals surface area contributed by atoms with E-state index < -0.39 is 11.6 Å². The van der Waals surface area contributed by atoms with Crippen LogP contribution in [0.3, 0.4) is 0 Å². The van der Waals surface area contributed by atoms with E-state index in [0.29, 0.717) is 16.5 Å². The molecule has 2 rings (SSSR count). The van der Waals surface area contributed by atoms with Gasteiger partial charge in [-0.25, -0.2) is 4.79 Å². The molecule has 2 amide bonds. The average molecular weight is 324 g/mol. The second kappa shape index (κ2) is 6.45. The number of anilines is 1. The molecule has 1 atom stereocenters. The number of aliphatic hydroxyl groups is 1. The molecule has 0 saturated heterocycles. The number of carbonyl (C=O) groups excluding carboxylic acids is 1. The Morgan fingerprint density at radius 2 is 2.18 bits per heavy atom. The normalized spacial score (nSPS) is 13.7. The first-order chi connectivity index (χ1) is 10.3. The number of hydrogen-bond donors (Lipinski definition) is 3. The molecule has 3 N–H and O–H groups in total. The van der Waals surface area contributed by atoms with Gasteiger partial charge in [0.2, 0.25) is 5.13 Å². The van der Waals surface area contributed by atoms with E-state index in [1.165, 1.54) is 11.3 Å². The Morgan fingerprint density at radius 1 is 1.45 bits per heavy atom. The van der Waals surface area contributed by atoms with Gasteiger partial charge < -0.3 is 14.8 Å². The lowest BCUT2D eigenvalue weighted by Crippen LogP contribution is -2.40. The van der Waals surface area contributed by atoms with Crippen LogP contribution in [0.25, 0.3) is 0 Å². The summed E-state index contributed by atoms with van der Waals surface area (Å²) in [4.78, 5) is 11.9. The molecule has 0 aliphatic carbocycles. The molecule has 0 bridgehead atoms. The molecule has 2 aromatic heterocycles. The van der Waals surface area contributed by atoms with Crippen LogP contribution in [0.15, 0.2) is 10.5 Å². The Labute approximate surface area is 132 Å². The van der Waals surface area contributed by atoms with Crippen molar-refractivity contribution in [1.82, 2.24) is 15.5 Å². The first-order valence-corrected chi connectivity index (χ1v) is 7.80. The molecular formula is C14H20N4O3S. The molecule has 2 heterocycles. The van der Waals surface area contributed by atoms with E-state index in [9.17, 15) is 9.90 Å². The lowest BCUT2D eigenvalue weighted by atomic mass is 9.96. The quantitative estimate of drug-likeness (QED) is 0.784. The van der Waals surface area contributed by atoms with Gasteiger partial charge >= 0.3 is 6.03 Å². The first kappa shape index (κ1) is 16.4. The van der Waals surface area contributed by atoms with E-state index in [4.69, 9.17) is 4.42 Å². The fourth-order valence-electron chi connectivity index (χ4n) is 2.10. The number of furan rings is 1. The van der Waals surface area contributed by atoms with Crippen molar-refractivity contribution >= 4 is 22.5 Å². The van der Waals surface area contributed by atoms with Gasteiger partial charge in [-0.2, -0.15) is 0 Å². The van der Waals surface area contributed by atoms with Crippen LogP contribution in [0.2, 0.25) is 0 Å². The van der Waals surface area contributed by atoms with Gasteiger partial charge in [0, 0.05) is 5.56 Å². The van der Waals surface area contributed by atoms with Gasteiger partial charge in [-0.3, -0.25) is 5.32 Å². The first-order valence-electron chi connectivity index (χ1n) is 6.99. The van der Waals surface area contributed by atoms with Crippen molar-refractivity contribution in [3.05, 3.63) is 28.2 Å². The van der Waals surface area contributed by atoms with E-state index in [0.717, 1.165) is 17.2 Å². The Balaban J connectivity index is 1.93. The van der Waals surface area contributed by atoms with Gasteiger partial charge in [-0.1, -0.05) is 18.3 Å². The molecule has 8 heteroatoms. The lowest BCUT2D eigenvalue weighted by Gasteiger charge is -2.23. The summed E-state index contributed by atoms with van der Waals surface area (Å²) < 4.78 is 5.41. The maximum absolute atomic E-state index is 11.9. The number of amides is 2. The van der Waals surface area contributed by atoms with Crippen molar-refractivity contribution in [2.24, 2.45) is 0 Å². The van der Waals surface area contributed by atoms with Gasteiger partial charge in [0.15, 0.2) is 0 Å². The molecule has 2 aromatic rings. The molecule has 0 fully saturated rings. The highest BCUT2D eigenvalue weighted by Gasteiger charge is 2.28. The van der Waals surface area contributed by atoms with Crippen LogP contribution in [-0.4, -0.2) is 27.9 Å². The molecule has 22 heavy (non-hydrogen) atoms. The standard InChI is InChI=1S/C14H20N4O3S/c1-5-11-17-18-13(22-11)16-12(19)15-7-14(4,20)10-6-8(2)21-9(10)3/h6,20H,5,7H2,1-4H3,(H2,15,16,18,19). The maximum Gasteiger partial charge on any atom is 0.321 e. The fourth-order valence-corrected chi connectivity index (χ4v) is 2.78. The molecule has 0 saturated carbocycles. The second-order valence-electron chi connectivity index (χ2n) is 5.26. The number of nitrogens with zero attached hydrogens (tertiary/aromatic N) is 2. The molecule has 7 nitrogen and oxygen atoms in total. The van der Waals surface area contributed by atoms with Crippen LogP contribution < -0.4 is 10.6 Å². The highest BCUT2D eigenvalue weighted by molar-refractivity contribution is 7.15. The molecule has 0 radical (unpaired) electrons. The predicted octanol–water partition coefficient (Wildman–Crippen LogP) is 2.34. The SMILES string of the molecule is CCc1nnc(NC(=O)NCC(C)(O)c2cc(C)oc2C)s1. The van der Waals surface area contributed by atoms with Crippen molar-refractivity contribution < 1.29 is 14.3 Å². The number of aromatic nitrogens is 2. The minimum atomic E-state index is -1.21. The third-order valence-corrected chi connectivity index (χ3v) is 4.19. The summed E-state index contributed by atoms with van der Waals surface area (Å²) in [5, 5.41) is 24.8. The third kappa shape index (κ3) is 3.83. The van der Waals surface area contributed by atoms with Crippen molar-refractivity contribution in [2.45, 2.75) is 39.7 Å². The van der Waals surface area contributed by atoms with E-state index in [1.54, 1.807) is 19.9 Å². The zero-order chi connectivity index (χ0) is 16.3. The summed E-state index contributed by atoms with van der Waals surface area (Å²) in [6.45, 7) is 7.25. The lowest BCUT2D eigenvalue weighted by molar-refractivity contribution is 0.0584. The smallest absolute Gasteiger partial charge is 0.321 e. The summed E-state index contributed by atoms with van der Waals surface area (Å²) in [6.07, 6.45) is 0.773. The van der Waals surface area contributed by atoms with E-state index in [-0.39, 0.29) is 6.54 Å². The number of carbonyl (C=O) groups is 1. The van der Waals surface area contributed by atoms with Crippen LogP contribution in [0.1, 0.15) is 35.9 Å². The summed E-state index contributed by atoms with van der Waals surface area (Å²) in [6, 6.07) is 1.34. The molecule has 1 unspecified atom stereocenters. The van der Waals surface area contributed by atoms with Gasteiger partial charge in [0.25, 0.3) is 0 Å². The summed E-state index contributed by atoms with van der Waals surface area (Å²) >= 11 is 1.33. The summed E-state index contributed by atoms with van der Waals surface area (Å²) in [5.74, 6) is 1.36. The average Bonchev–Trinajstić information content (AvgIpc) is 3.03. The highest BCUT2D eigenvalue weighted by Crippen LogP contribution is 2.26. The molecule has 120 valence electrons. The Morgan fingerprint density at radius 3 is 2.73 bits per heavy atom. The van der Waals surface area contributed by atoms with Crippen molar-refractivity contribution in [2.75, 3.05) is 11.9 Å². The minimum absolute atomic E-state index is 0.0537. The predicted molar refractivity (Wildman–Crippen MR) is 84.1 cm³/mol. The monoisotopic (exact) mass is 324 g/mol. The van der Waals surface area contributed by atoms with Gasteiger partial charge in [0.1, 0.15) is 22.1 Å². The highest BCUT2D eigenvalue weighted by atomic mass is 32.1. The zero-order valence-electron chi connectivity index (χ0n) is 13.1. The molecule has 0 aliphatic heterocycles. The topological polar surface area (TPSA) is 100 Å². The van der Waals surface area contributed by atoms with Crippen molar-refractivity contribution in [1.29, 1.82) is 0 Å². The number of rotatable bonds is 5. The minimum Gasteiger partial charge on any atom is -0.466 e. The van der Waals surface area contributed by atoms with Gasteiger partial charge in [-0.15, -0.1) is 10.2 Å². The Bertz CT molecular complexity index is 663. The van der Waals surface area contributed by atoms with Crippen LogP contribution in [0.4, 0.5) is 9.93 Å². The second-order valence-corrected chi connectivity index (χ2v) is 6.33. The summed E-state index contributed by atoms with van der Waals surface area (Å²) in [5.41, 5.74) is -0.552. The maximum atomic E-state index is 11.9.